The Balaban J connectivity index is 1.64. The maximum atomic E-state index is 4.79. The highest BCUT2D eigenvalue weighted by molar-refractivity contribution is 5.93. The lowest BCUT2D eigenvalue weighted by atomic mass is 10.2. The van der Waals surface area contributed by atoms with Crippen LogP contribution in [-0.2, 0) is 7.05 Å². The molecule has 0 amide bonds. The Morgan fingerprint density at radius 1 is 0.857 bits per heavy atom. The summed E-state index contributed by atoms with van der Waals surface area (Å²) in [5, 5.41) is 9.92. The number of aryl methyl sites for hydroxylation is 2. The minimum Gasteiger partial charge on any atom is -0.340 e. The van der Waals surface area contributed by atoms with Crippen LogP contribution in [-0.4, -0.2) is 24.7 Å². The smallest absolute Gasteiger partial charge is 0.180 e. The van der Waals surface area contributed by atoms with Gasteiger partial charge < -0.3 is 5.32 Å². The lowest BCUT2D eigenvalue weighted by Crippen LogP contribution is -2.00. The molecule has 2 aromatic carbocycles. The fourth-order valence-corrected chi connectivity index (χ4v) is 3.32. The van der Waals surface area contributed by atoms with E-state index in [1.165, 1.54) is 0 Å². The van der Waals surface area contributed by atoms with E-state index in [0.717, 1.165) is 44.7 Å². The molecule has 3 heterocycles. The number of hydrogen-bond acceptors (Lipinski definition) is 5. The van der Waals surface area contributed by atoms with Crippen molar-refractivity contribution in [3.05, 3.63) is 72.6 Å². The minimum atomic E-state index is 0.604. The van der Waals surface area contributed by atoms with Gasteiger partial charge in [0.25, 0.3) is 0 Å². The minimum absolute atomic E-state index is 0.604. The summed E-state index contributed by atoms with van der Waals surface area (Å²) in [6.07, 6.45) is 2.00. The van der Waals surface area contributed by atoms with Gasteiger partial charge in [0.05, 0.1) is 11.0 Å². The number of fused-ring (bicyclic) bond motifs is 2. The average Bonchev–Trinajstić information content (AvgIpc) is 3.07. The number of aromatic nitrogens is 5. The molecule has 0 bridgehead atoms. The molecule has 0 aliphatic rings. The Kier molecular flexibility index (Phi) is 3.76. The number of nitrogens with one attached hydrogen (secondary N) is 1. The molecule has 0 unspecified atom stereocenters. The molecular formula is C22H18N6. The summed E-state index contributed by atoms with van der Waals surface area (Å²) in [6, 6.07) is 19.9. The SMILES string of the molecule is Cc1cccc(-c2nc(Nc3ccc4nn(C)cc4c3)c3ccccc3n2)n1. The van der Waals surface area contributed by atoms with Crippen LogP contribution in [0.2, 0.25) is 0 Å². The van der Waals surface area contributed by atoms with Crippen molar-refractivity contribution in [2.45, 2.75) is 6.92 Å². The van der Waals surface area contributed by atoms with Crippen molar-refractivity contribution in [1.29, 1.82) is 0 Å². The fourth-order valence-electron chi connectivity index (χ4n) is 3.32. The van der Waals surface area contributed by atoms with Crippen molar-refractivity contribution in [3.8, 4) is 11.5 Å². The van der Waals surface area contributed by atoms with Crippen molar-refractivity contribution in [1.82, 2.24) is 24.7 Å². The second kappa shape index (κ2) is 6.42. The third kappa shape index (κ3) is 2.95. The lowest BCUT2D eigenvalue weighted by Gasteiger charge is -2.11. The summed E-state index contributed by atoms with van der Waals surface area (Å²) >= 11 is 0. The molecule has 136 valence electrons. The van der Waals surface area contributed by atoms with Crippen LogP contribution in [0, 0.1) is 6.92 Å². The van der Waals surface area contributed by atoms with Crippen LogP contribution in [0.4, 0.5) is 11.5 Å². The highest BCUT2D eigenvalue weighted by Crippen LogP contribution is 2.28. The Hall–Kier alpha value is -3.80. The molecule has 0 fully saturated rings. The van der Waals surface area contributed by atoms with E-state index in [1.807, 2.05) is 79.4 Å². The number of pyridine rings is 1. The van der Waals surface area contributed by atoms with Gasteiger partial charge in [-0.2, -0.15) is 5.10 Å². The van der Waals surface area contributed by atoms with Gasteiger partial charge in [0.15, 0.2) is 5.82 Å². The van der Waals surface area contributed by atoms with Crippen LogP contribution in [0.1, 0.15) is 5.69 Å². The molecule has 5 rings (SSSR count). The molecule has 0 saturated heterocycles. The predicted molar refractivity (Wildman–Crippen MR) is 112 cm³/mol. The van der Waals surface area contributed by atoms with E-state index in [2.05, 4.69) is 21.5 Å². The summed E-state index contributed by atoms with van der Waals surface area (Å²) in [6.45, 7) is 1.97. The van der Waals surface area contributed by atoms with Gasteiger partial charge in [-0.25, -0.2) is 15.0 Å². The second-order valence-corrected chi connectivity index (χ2v) is 6.78. The maximum absolute atomic E-state index is 4.79. The number of rotatable bonds is 3. The quantitative estimate of drug-likeness (QED) is 0.504. The van der Waals surface area contributed by atoms with E-state index in [-0.39, 0.29) is 0 Å². The normalized spacial score (nSPS) is 11.2. The van der Waals surface area contributed by atoms with Crippen LogP contribution in [0.25, 0.3) is 33.3 Å². The first kappa shape index (κ1) is 16.4. The van der Waals surface area contributed by atoms with E-state index in [0.29, 0.717) is 5.82 Å². The summed E-state index contributed by atoms with van der Waals surface area (Å²) in [5.41, 5.74) is 4.49. The highest BCUT2D eigenvalue weighted by Gasteiger charge is 2.11. The van der Waals surface area contributed by atoms with Crippen molar-refractivity contribution in [3.63, 3.8) is 0 Å². The number of benzene rings is 2. The van der Waals surface area contributed by atoms with E-state index in [4.69, 9.17) is 9.97 Å². The molecule has 6 nitrogen and oxygen atoms in total. The van der Waals surface area contributed by atoms with Gasteiger partial charge in [-0.05, 0) is 49.4 Å². The first-order valence-electron chi connectivity index (χ1n) is 9.07. The van der Waals surface area contributed by atoms with Crippen molar-refractivity contribution in [2.75, 3.05) is 5.32 Å². The van der Waals surface area contributed by atoms with Crippen molar-refractivity contribution < 1.29 is 0 Å². The first-order valence-corrected chi connectivity index (χ1v) is 9.07. The van der Waals surface area contributed by atoms with E-state index >= 15 is 0 Å². The van der Waals surface area contributed by atoms with Gasteiger partial charge in [0.2, 0.25) is 0 Å². The summed E-state index contributed by atoms with van der Waals surface area (Å²) in [5.74, 6) is 1.36. The van der Waals surface area contributed by atoms with Crippen molar-refractivity contribution in [2.24, 2.45) is 7.05 Å². The van der Waals surface area contributed by atoms with Crippen LogP contribution in [0.3, 0.4) is 0 Å². The number of para-hydroxylation sites is 1. The zero-order valence-electron chi connectivity index (χ0n) is 15.6. The topological polar surface area (TPSA) is 68.5 Å². The first-order chi connectivity index (χ1) is 13.7. The molecule has 5 aromatic rings. The standard InChI is InChI=1S/C22H18N6/c1-14-6-5-9-20(23-14)22-25-19-8-4-3-7-17(19)21(26-22)24-16-10-11-18-15(12-16)13-28(2)27-18/h3-13H,1-2H3,(H,24,25,26). The molecule has 0 aliphatic carbocycles. The Morgan fingerprint density at radius 2 is 1.75 bits per heavy atom. The molecule has 6 heteroatoms. The van der Waals surface area contributed by atoms with E-state index < -0.39 is 0 Å². The summed E-state index contributed by atoms with van der Waals surface area (Å²) in [7, 11) is 1.92. The second-order valence-electron chi connectivity index (χ2n) is 6.78. The summed E-state index contributed by atoms with van der Waals surface area (Å²) < 4.78 is 1.82. The third-order valence-electron chi connectivity index (χ3n) is 4.60. The zero-order chi connectivity index (χ0) is 19.1. The highest BCUT2D eigenvalue weighted by atomic mass is 15.2. The predicted octanol–water partition coefficient (Wildman–Crippen LogP) is 4.63. The van der Waals surface area contributed by atoms with Crippen LogP contribution >= 0.6 is 0 Å². The summed E-state index contributed by atoms with van der Waals surface area (Å²) in [4.78, 5) is 14.1. The fraction of sp³-hybridized carbons (Fsp3) is 0.0909. The van der Waals surface area contributed by atoms with E-state index in [9.17, 15) is 0 Å². The number of hydrogen-bond donors (Lipinski definition) is 1. The largest absolute Gasteiger partial charge is 0.340 e. The molecule has 0 saturated carbocycles. The number of anilines is 2. The van der Waals surface area contributed by atoms with Gasteiger partial charge in [-0.3, -0.25) is 4.68 Å². The van der Waals surface area contributed by atoms with Crippen LogP contribution in [0.5, 0.6) is 0 Å². The molecule has 3 aromatic heterocycles. The van der Waals surface area contributed by atoms with E-state index in [1.54, 1.807) is 0 Å². The molecule has 0 aliphatic heterocycles. The molecule has 0 atom stereocenters. The van der Waals surface area contributed by atoms with Crippen molar-refractivity contribution >= 4 is 33.3 Å². The van der Waals surface area contributed by atoms with Crippen LogP contribution < -0.4 is 5.32 Å². The zero-order valence-corrected chi connectivity index (χ0v) is 15.6. The Labute approximate surface area is 161 Å². The van der Waals surface area contributed by atoms with Gasteiger partial charge in [-0.1, -0.05) is 18.2 Å². The van der Waals surface area contributed by atoms with Gasteiger partial charge in [-0.15, -0.1) is 0 Å². The molecular weight excluding hydrogens is 348 g/mol. The molecule has 28 heavy (non-hydrogen) atoms. The monoisotopic (exact) mass is 366 g/mol. The molecule has 1 N–H and O–H groups in total. The maximum Gasteiger partial charge on any atom is 0.180 e. The number of nitrogens with zero attached hydrogens (tertiary/aromatic N) is 5. The van der Waals surface area contributed by atoms with Gasteiger partial charge in [0.1, 0.15) is 11.5 Å². The Bertz CT molecular complexity index is 1320. The average molecular weight is 366 g/mol. The Morgan fingerprint density at radius 3 is 2.64 bits per heavy atom. The lowest BCUT2D eigenvalue weighted by molar-refractivity contribution is 0.780. The molecule has 0 radical (unpaired) electrons. The van der Waals surface area contributed by atoms with Crippen LogP contribution in [0.15, 0.2) is 66.9 Å². The van der Waals surface area contributed by atoms with Gasteiger partial charge >= 0.3 is 0 Å². The third-order valence-corrected chi connectivity index (χ3v) is 4.60. The molecule has 0 spiro atoms. The van der Waals surface area contributed by atoms with Gasteiger partial charge in [0, 0.05) is 35.4 Å².